The van der Waals surface area contributed by atoms with E-state index < -0.39 is 30.3 Å². The molecule has 1 rings (SSSR count). The second kappa shape index (κ2) is 5.01. The van der Waals surface area contributed by atoms with Gasteiger partial charge in [0, 0.05) is 5.92 Å². The molecule has 5 atom stereocenters. The van der Waals surface area contributed by atoms with Gasteiger partial charge in [-0.2, -0.15) is 0 Å². The maximum atomic E-state index is 9.65. The van der Waals surface area contributed by atoms with Gasteiger partial charge in [0.2, 0.25) is 0 Å². The standard InChI is InChI=1S/C8H17NO5/c9-7-6(3-12)14-5(2-11)4(1-10)8(7)13/h4-8,10-13H,1-3,9H2. The average molecular weight is 207 g/mol. The van der Waals surface area contributed by atoms with Crippen LogP contribution in [0.15, 0.2) is 0 Å². The average Bonchev–Trinajstić information content (AvgIpc) is 2.21. The van der Waals surface area contributed by atoms with Gasteiger partial charge in [-0.1, -0.05) is 0 Å². The van der Waals surface area contributed by atoms with Crippen molar-refractivity contribution in [2.75, 3.05) is 19.8 Å². The van der Waals surface area contributed by atoms with Crippen molar-refractivity contribution >= 4 is 0 Å². The van der Waals surface area contributed by atoms with Gasteiger partial charge in [-0.05, 0) is 0 Å². The van der Waals surface area contributed by atoms with Crippen molar-refractivity contribution in [3.05, 3.63) is 0 Å². The summed E-state index contributed by atoms with van der Waals surface area (Å²) in [6, 6.07) is -0.736. The Labute approximate surface area is 81.9 Å². The summed E-state index contributed by atoms with van der Waals surface area (Å²) in [7, 11) is 0. The summed E-state index contributed by atoms with van der Waals surface area (Å²) in [5.74, 6) is -0.599. The zero-order valence-electron chi connectivity index (χ0n) is 7.78. The van der Waals surface area contributed by atoms with Crippen molar-refractivity contribution in [1.82, 2.24) is 0 Å². The van der Waals surface area contributed by atoms with Gasteiger partial charge in [-0.3, -0.25) is 0 Å². The van der Waals surface area contributed by atoms with Crippen molar-refractivity contribution in [1.29, 1.82) is 0 Å². The maximum absolute atomic E-state index is 9.65. The molecular formula is C8H17NO5. The summed E-state index contributed by atoms with van der Waals surface area (Å²) in [5.41, 5.74) is 5.59. The molecule has 6 nitrogen and oxygen atoms in total. The summed E-state index contributed by atoms with van der Waals surface area (Å²) in [6.45, 7) is -0.934. The van der Waals surface area contributed by atoms with Gasteiger partial charge >= 0.3 is 0 Å². The molecule has 14 heavy (non-hydrogen) atoms. The van der Waals surface area contributed by atoms with Crippen LogP contribution >= 0.6 is 0 Å². The first kappa shape index (κ1) is 11.8. The highest BCUT2D eigenvalue weighted by atomic mass is 16.5. The first-order valence-corrected chi connectivity index (χ1v) is 4.57. The summed E-state index contributed by atoms with van der Waals surface area (Å²) >= 11 is 0. The molecule has 6 N–H and O–H groups in total. The van der Waals surface area contributed by atoms with Crippen LogP contribution in [-0.4, -0.2) is 64.6 Å². The molecule has 0 bridgehead atoms. The Morgan fingerprint density at radius 2 is 1.57 bits per heavy atom. The highest BCUT2D eigenvalue weighted by molar-refractivity contribution is 4.93. The molecule has 0 aromatic carbocycles. The molecule has 0 spiro atoms. The van der Waals surface area contributed by atoms with Gasteiger partial charge in [-0.15, -0.1) is 0 Å². The first-order valence-electron chi connectivity index (χ1n) is 4.57. The molecule has 84 valence electrons. The molecular weight excluding hydrogens is 190 g/mol. The Bertz CT molecular complexity index is 177. The molecule has 1 fully saturated rings. The largest absolute Gasteiger partial charge is 0.396 e. The van der Waals surface area contributed by atoms with Crippen LogP contribution in [0.5, 0.6) is 0 Å². The Kier molecular flexibility index (Phi) is 4.24. The van der Waals surface area contributed by atoms with Gasteiger partial charge in [-0.25, -0.2) is 0 Å². The van der Waals surface area contributed by atoms with Crippen LogP contribution in [0.3, 0.4) is 0 Å². The Hall–Kier alpha value is -0.240. The van der Waals surface area contributed by atoms with Crippen LogP contribution in [0, 0.1) is 5.92 Å². The number of rotatable bonds is 3. The fourth-order valence-corrected chi connectivity index (χ4v) is 1.71. The highest BCUT2D eigenvalue weighted by Crippen LogP contribution is 2.24. The third kappa shape index (κ3) is 2.05. The van der Waals surface area contributed by atoms with E-state index in [1.165, 1.54) is 0 Å². The van der Waals surface area contributed by atoms with E-state index in [4.69, 9.17) is 25.8 Å². The van der Waals surface area contributed by atoms with Crippen LogP contribution in [0.4, 0.5) is 0 Å². The number of aliphatic hydroxyl groups excluding tert-OH is 4. The Morgan fingerprint density at radius 1 is 1.00 bits per heavy atom. The molecule has 0 radical (unpaired) electrons. The predicted molar refractivity (Wildman–Crippen MR) is 47.4 cm³/mol. The van der Waals surface area contributed by atoms with E-state index in [1.54, 1.807) is 0 Å². The highest BCUT2D eigenvalue weighted by Gasteiger charge is 2.42. The molecule has 1 saturated heterocycles. The lowest BCUT2D eigenvalue weighted by Crippen LogP contribution is -2.61. The molecule has 1 heterocycles. The van der Waals surface area contributed by atoms with E-state index in [-0.39, 0.29) is 19.8 Å². The summed E-state index contributed by atoms with van der Waals surface area (Å²) in [5, 5.41) is 36.5. The van der Waals surface area contributed by atoms with Crippen LogP contribution in [0.2, 0.25) is 0 Å². The fraction of sp³-hybridized carbons (Fsp3) is 1.00. The lowest BCUT2D eigenvalue weighted by Gasteiger charge is -2.41. The molecule has 0 aromatic rings. The van der Waals surface area contributed by atoms with Gasteiger partial charge in [0.05, 0.1) is 44.2 Å². The number of aliphatic hydroxyl groups is 4. The SMILES string of the molecule is NC1C(CO)OC(CO)C(CO)C1O. The van der Waals surface area contributed by atoms with E-state index in [9.17, 15) is 5.11 Å². The smallest absolute Gasteiger partial charge is 0.0986 e. The molecule has 0 aliphatic carbocycles. The van der Waals surface area contributed by atoms with Crippen molar-refractivity contribution in [3.63, 3.8) is 0 Å². The third-order valence-electron chi connectivity index (χ3n) is 2.66. The van der Waals surface area contributed by atoms with Gasteiger partial charge in [0.1, 0.15) is 0 Å². The lowest BCUT2D eigenvalue weighted by molar-refractivity contribution is -0.178. The quantitative estimate of drug-likeness (QED) is 0.337. The molecule has 0 amide bonds. The molecule has 0 saturated carbocycles. The zero-order valence-corrected chi connectivity index (χ0v) is 7.78. The lowest BCUT2D eigenvalue weighted by atomic mass is 9.86. The van der Waals surface area contributed by atoms with E-state index in [2.05, 4.69) is 0 Å². The normalized spacial score (nSPS) is 43.9. The van der Waals surface area contributed by atoms with Crippen LogP contribution in [0.25, 0.3) is 0 Å². The predicted octanol–water partition coefficient (Wildman–Crippen LogP) is -2.96. The van der Waals surface area contributed by atoms with Gasteiger partial charge < -0.3 is 30.9 Å². The summed E-state index contributed by atoms with van der Waals surface area (Å²) < 4.78 is 5.23. The minimum absolute atomic E-state index is 0.307. The molecule has 0 aromatic heterocycles. The number of hydrogen-bond acceptors (Lipinski definition) is 6. The minimum atomic E-state index is -0.969. The Balaban J connectivity index is 2.71. The summed E-state index contributed by atoms with van der Waals surface area (Å²) in [4.78, 5) is 0. The topological polar surface area (TPSA) is 116 Å². The third-order valence-corrected chi connectivity index (χ3v) is 2.66. The number of nitrogens with two attached hydrogens (primary N) is 1. The van der Waals surface area contributed by atoms with Gasteiger partial charge in [0.15, 0.2) is 0 Å². The number of ether oxygens (including phenoxy) is 1. The van der Waals surface area contributed by atoms with E-state index >= 15 is 0 Å². The van der Waals surface area contributed by atoms with Gasteiger partial charge in [0.25, 0.3) is 0 Å². The first-order chi connectivity index (χ1) is 6.65. The fourth-order valence-electron chi connectivity index (χ4n) is 1.71. The number of hydrogen-bond donors (Lipinski definition) is 5. The van der Waals surface area contributed by atoms with E-state index in [1.807, 2.05) is 0 Å². The van der Waals surface area contributed by atoms with Crippen molar-refractivity contribution < 1.29 is 25.2 Å². The second-order valence-corrected chi connectivity index (χ2v) is 3.49. The maximum Gasteiger partial charge on any atom is 0.0986 e. The molecule has 1 aliphatic heterocycles. The Morgan fingerprint density at radius 3 is 2.00 bits per heavy atom. The monoisotopic (exact) mass is 207 g/mol. The van der Waals surface area contributed by atoms with E-state index in [0.29, 0.717) is 0 Å². The van der Waals surface area contributed by atoms with E-state index in [0.717, 1.165) is 0 Å². The molecule has 5 unspecified atom stereocenters. The minimum Gasteiger partial charge on any atom is -0.396 e. The van der Waals surface area contributed by atoms with Crippen LogP contribution in [-0.2, 0) is 4.74 Å². The van der Waals surface area contributed by atoms with Crippen LogP contribution in [0.1, 0.15) is 0 Å². The van der Waals surface area contributed by atoms with Crippen molar-refractivity contribution in [2.24, 2.45) is 11.7 Å². The molecule has 6 heteroatoms. The van der Waals surface area contributed by atoms with Crippen molar-refractivity contribution in [2.45, 2.75) is 24.4 Å². The second-order valence-electron chi connectivity index (χ2n) is 3.49. The van der Waals surface area contributed by atoms with Crippen LogP contribution < -0.4 is 5.73 Å². The molecule has 1 aliphatic rings. The zero-order chi connectivity index (χ0) is 10.7. The van der Waals surface area contributed by atoms with Crippen molar-refractivity contribution in [3.8, 4) is 0 Å². The summed E-state index contributed by atoms with van der Waals surface area (Å²) in [6.07, 6.45) is -2.33.